The number of rotatable bonds is 31. The van der Waals surface area contributed by atoms with E-state index in [1.807, 2.05) is 0 Å². The van der Waals surface area contributed by atoms with E-state index in [9.17, 15) is 0 Å². The summed E-state index contributed by atoms with van der Waals surface area (Å²) < 4.78 is 13.0. The zero-order chi connectivity index (χ0) is 31.8. The molecule has 2 unspecified atom stereocenters. The highest BCUT2D eigenvalue weighted by molar-refractivity contribution is 7.47. The molecule has 1 heterocycles. The van der Waals surface area contributed by atoms with Gasteiger partial charge in [0.05, 0.1) is 12.2 Å². The Balaban J connectivity index is 2.13. The largest absolute Gasteiger partial charge is 0.328 e. The van der Waals surface area contributed by atoms with Gasteiger partial charge in [0, 0.05) is 12.7 Å². The third-order valence-electron chi connectivity index (χ3n) is 8.53. The Kier molecular flexibility index (Phi) is 30.2. The van der Waals surface area contributed by atoms with Gasteiger partial charge in [0.15, 0.2) is 8.38 Å². The van der Waals surface area contributed by atoms with Gasteiger partial charge >= 0.3 is 0 Å². The van der Waals surface area contributed by atoms with Crippen molar-refractivity contribution in [1.82, 2.24) is 4.90 Å². The van der Waals surface area contributed by atoms with Crippen LogP contribution in [0.1, 0.15) is 168 Å². The van der Waals surface area contributed by atoms with Crippen molar-refractivity contribution in [3.05, 3.63) is 48.6 Å². The lowest BCUT2D eigenvalue weighted by Gasteiger charge is -2.16. The Morgan fingerprint density at radius 2 is 0.841 bits per heavy atom. The smallest absolute Gasteiger partial charge is 0.172 e. The van der Waals surface area contributed by atoms with Gasteiger partial charge in [-0.2, -0.15) is 0 Å². The molecule has 1 fully saturated rings. The lowest BCUT2D eigenvalue weighted by atomic mass is 9.99. The third kappa shape index (κ3) is 26.5. The molecule has 4 heteroatoms. The molecular formula is C40H74NO2P. The van der Waals surface area contributed by atoms with Gasteiger partial charge in [0.2, 0.25) is 0 Å². The van der Waals surface area contributed by atoms with Gasteiger partial charge in [0.1, 0.15) is 0 Å². The summed E-state index contributed by atoms with van der Waals surface area (Å²) in [6.07, 6.45) is 51.3. The van der Waals surface area contributed by atoms with Crippen LogP contribution in [-0.2, 0) is 9.05 Å². The molecule has 0 aromatic rings. The summed E-state index contributed by atoms with van der Waals surface area (Å²) in [5.41, 5.74) is 0. The summed E-state index contributed by atoms with van der Waals surface area (Å²) in [5, 5.41) is 0. The van der Waals surface area contributed by atoms with Gasteiger partial charge in [-0.3, -0.25) is 0 Å². The topological polar surface area (TPSA) is 21.7 Å². The molecule has 0 saturated carbocycles. The summed E-state index contributed by atoms with van der Waals surface area (Å²) in [5.74, 6) is 0. The summed E-state index contributed by atoms with van der Waals surface area (Å²) in [7, 11) is 3.58. The van der Waals surface area contributed by atoms with E-state index in [1.54, 1.807) is 0 Å². The maximum Gasteiger partial charge on any atom is 0.172 e. The SMILES string of the molecule is CCCCC/C=C\C/C=C\CCCCCCCC1OP(CCN(C)C)OC1CCCCCCC/C=C\C/C=C\CCCCC. The van der Waals surface area contributed by atoms with Crippen LogP contribution in [0.2, 0.25) is 0 Å². The molecule has 0 bridgehead atoms. The van der Waals surface area contributed by atoms with Crippen molar-refractivity contribution >= 4 is 8.38 Å². The third-order valence-corrected chi connectivity index (χ3v) is 10.1. The summed E-state index contributed by atoms with van der Waals surface area (Å²) >= 11 is 0. The Bertz CT molecular complexity index is 662. The molecule has 3 nitrogen and oxygen atoms in total. The molecule has 2 atom stereocenters. The first-order valence-corrected chi connectivity index (χ1v) is 20.4. The second-order valence-corrected chi connectivity index (χ2v) is 14.7. The number of unbranched alkanes of at least 4 members (excludes halogenated alkanes) is 16. The van der Waals surface area contributed by atoms with Crippen LogP contribution in [0.25, 0.3) is 0 Å². The molecule has 44 heavy (non-hydrogen) atoms. The van der Waals surface area contributed by atoms with Crippen molar-refractivity contribution in [2.45, 2.75) is 180 Å². The number of allylic oxidation sites excluding steroid dienone is 8. The molecule has 1 aliphatic heterocycles. The fourth-order valence-electron chi connectivity index (χ4n) is 5.64. The molecule has 0 radical (unpaired) electrons. The van der Waals surface area contributed by atoms with Gasteiger partial charge in [-0.25, -0.2) is 0 Å². The average molecular weight is 632 g/mol. The first kappa shape index (κ1) is 41.3. The molecule has 0 amide bonds. The van der Waals surface area contributed by atoms with Crippen molar-refractivity contribution in [2.75, 3.05) is 26.8 Å². The summed E-state index contributed by atoms with van der Waals surface area (Å²) in [6.45, 7) is 5.59. The Labute approximate surface area is 277 Å². The zero-order valence-electron chi connectivity index (χ0n) is 29.9. The lowest BCUT2D eigenvalue weighted by molar-refractivity contribution is 0.133. The first-order chi connectivity index (χ1) is 21.7. The van der Waals surface area contributed by atoms with Crippen LogP contribution >= 0.6 is 8.38 Å². The fraction of sp³-hybridized carbons (Fsp3) is 0.800. The monoisotopic (exact) mass is 632 g/mol. The Morgan fingerprint density at radius 1 is 0.477 bits per heavy atom. The van der Waals surface area contributed by atoms with Crippen molar-refractivity contribution in [3.63, 3.8) is 0 Å². The normalized spacial score (nSPS) is 19.3. The van der Waals surface area contributed by atoms with E-state index in [1.165, 1.54) is 141 Å². The fourth-order valence-corrected chi connectivity index (χ4v) is 7.55. The van der Waals surface area contributed by atoms with Crippen molar-refractivity contribution in [2.24, 2.45) is 0 Å². The molecule has 1 aliphatic rings. The van der Waals surface area contributed by atoms with E-state index in [0.717, 1.165) is 25.5 Å². The van der Waals surface area contributed by atoms with Gasteiger partial charge < -0.3 is 13.9 Å². The first-order valence-electron chi connectivity index (χ1n) is 19.0. The van der Waals surface area contributed by atoms with Crippen LogP contribution in [0, 0.1) is 0 Å². The Hall–Kier alpha value is -0.730. The zero-order valence-corrected chi connectivity index (χ0v) is 30.8. The molecule has 0 spiro atoms. The predicted octanol–water partition coefficient (Wildman–Crippen LogP) is 13.3. The van der Waals surface area contributed by atoms with E-state index < -0.39 is 8.38 Å². The number of hydrogen-bond acceptors (Lipinski definition) is 3. The van der Waals surface area contributed by atoms with Crippen LogP contribution in [-0.4, -0.2) is 43.9 Å². The molecule has 0 aliphatic carbocycles. The minimum absolute atomic E-state index is 0.326. The van der Waals surface area contributed by atoms with Gasteiger partial charge in [0.25, 0.3) is 0 Å². The highest BCUT2D eigenvalue weighted by Crippen LogP contribution is 2.50. The molecular weight excluding hydrogens is 557 g/mol. The molecule has 0 N–H and O–H groups in total. The van der Waals surface area contributed by atoms with E-state index in [4.69, 9.17) is 9.05 Å². The van der Waals surface area contributed by atoms with Crippen molar-refractivity contribution in [1.29, 1.82) is 0 Å². The Morgan fingerprint density at radius 3 is 1.23 bits per heavy atom. The summed E-state index contributed by atoms with van der Waals surface area (Å²) in [4.78, 5) is 2.25. The molecule has 1 saturated heterocycles. The maximum atomic E-state index is 6.51. The molecule has 0 aromatic carbocycles. The predicted molar refractivity (Wildman–Crippen MR) is 199 cm³/mol. The second kappa shape index (κ2) is 32.2. The van der Waals surface area contributed by atoms with E-state index in [-0.39, 0.29) is 0 Å². The second-order valence-electron chi connectivity index (χ2n) is 13.2. The van der Waals surface area contributed by atoms with E-state index in [2.05, 4.69) is 81.5 Å². The van der Waals surface area contributed by atoms with Crippen LogP contribution in [0.15, 0.2) is 48.6 Å². The van der Waals surface area contributed by atoms with Crippen molar-refractivity contribution in [3.8, 4) is 0 Å². The average Bonchev–Trinajstić information content (AvgIpc) is 3.41. The van der Waals surface area contributed by atoms with Gasteiger partial charge in [-0.05, 0) is 91.1 Å². The van der Waals surface area contributed by atoms with Gasteiger partial charge in [-0.15, -0.1) is 0 Å². The number of hydrogen-bond donors (Lipinski definition) is 0. The quantitative estimate of drug-likeness (QED) is 0.0432. The standard InChI is InChI=1S/C40H74NO2P/c1-5-7-9-11-13-15-17-19-21-23-25-27-29-31-33-35-39-40(43-44(42-39)38-37-41(3)4)36-34-32-30-28-26-24-22-20-18-16-14-12-10-8-6-2/h13-16,19-22,39-40H,5-12,17-18,23-38H2,1-4H3/b15-13-,16-14-,21-19-,22-20-. The lowest BCUT2D eigenvalue weighted by Crippen LogP contribution is -2.22. The number of nitrogens with zero attached hydrogens (tertiary/aromatic N) is 1. The van der Waals surface area contributed by atoms with Crippen LogP contribution < -0.4 is 0 Å². The van der Waals surface area contributed by atoms with Crippen LogP contribution in [0.3, 0.4) is 0 Å². The van der Waals surface area contributed by atoms with Crippen LogP contribution in [0.5, 0.6) is 0 Å². The molecule has 1 rings (SSSR count). The van der Waals surface area contributed by atoms with E-state index in [0.29, 0.717) is 12.2 Å². The molecule has 0 aromatic heterocycles. The highest BCUT2D eigenvalue weighted by Gasteiger charge is 2.35. The van der Waals surface area contributed by atoms with Crippen LogP contribution in [0.4, 0.5) is 0 Å². The minimum atomic E-state index is -0.710. The van der Waals surface area contributed by atoms with Gasteiger partial charge in [-0.1, -0.05) is 140 Å². The molecule has 256 valence electrons. The maximum absolute atomic E-state index is 6.51. The summed E-state index contributed by atoms with van der Waals surface area (Å²) in [6, 6.07) is 0. The van der Waals surface area contributed by atoms with Crippen molar-refractivity contribution < 1.29 is 9.05 Å². The minimum Gasteiger partial charge on any atom is -0.328 e. The highest BCUT2D eigenvalue weighted by atomic mass is 31.2. The van der Waals surface area contributed by atoms with E-state index >= 15 is 0 Å².